The van der Waals surface area contributed by atoms with Gasteiger partial charge in [0.2, 0.25) is 0 Å². The summed E-state index contributed by atoms with van der Waals surface area (Å²) in [6, 6.07) is 15.4. The number of halogens is 1. The summed E-state index contributed by atoms with van der Waals surface area (Å²) in [5.41, 5.74) is 1.06. The summed E-state index contributed by atoms with van der Waals surface area (Å²) < 4.78 is 6.15. The molecule has 23 heavy (non-hydrogen) atoms. The molecule has 5 heteroatoms. The van der Waals surface area contributed by atoms with E-state index in [1.807, 2.05) is 55.5 Å². The van der Waals surface area contributed by atoms with Crippen LogP contribution in [0.3, 0.4) is 0 Å². The van der Waals surface area contributed by atoms with Crippen molar-refractivity contribution >= 4 is 38.9 Å². The fourth-order valence-electron chi connectivity index (χ4n) is 2.41. The summed E-state index contributed by atoms with van der Waals surface area (Å²) in [4.78, 5) is 13.1. The highest BCUT2D eigenvalue weighted by Gasteiger charge is 2.19. The first-order chi connectivity index (χ1) is 11.1. The van der Waals surface area contributed by atoms with Crippen LogP contribution in [-0.2, 0) is 0 Å². The van der Waals surface area contributed by atoms with Crippen molar-refractivity contribution in [3.8, 4) is 5.75 Å². The van der Waals surface area contributed by atoms with Crippen LogP contribution < -0.4 is 10.1 Å². The molecule has 0 spiro atoms. The molecular formula is C18H16ClNO2S. The third kappa shape index (κ3) is 3.19. The maximum atomic E-state index is 12.6. The lowest BCUT2D eigenvalue weighted by atomic mass is 10.1. The molecule has 0 unspecified atom stereocenters. The smallest absolute Gasteiger partial charge is 0.263 e. The lowest BCUT2D eigenvalue weighted by Crippen LogP contribution is -2.26. The maximum Gasteiger partial charge on any atom is 0.263 e. The molecule has 1 atom stereocenters. The molecule has 0 aliphatic rings. The summed E-state index contributed by atoms with van der Waals surface area (Å²) in [6.07, 6.45) is 0. The third-order valence-corrected chi connectivity index (χ3v) is 5.35. The molecule has 0 fully saturated rings. The van der Waals surface area contributed by atoms with E-state index in [0.717, 1.165) is 21.4 Å². The number of nitrogens with one attached hydrogen (secondary N) is 1. The van der Waals surface area contributed by atoms with Gasteiger partial charge < -0.3 is 10.1 Å². The highest BCUT2D eigenvalue weighted by Crippen LogP contribution is 2.37. The molecule has 0 aliphatic heterocycles. The van der Waals surface area contributed by atoms with Crippen molar-refractivity contribution in [2.75, 3.05) is 7.11 Å². The fourth-order valence-corrected chi connectivity index (χ4v) is 3.85. The molecule has 0 saturated heterocycles. The first-order valence-corrected chi connectivity index (χ1v) is 8.41. The van der Waals surface area contributed by atoms with Crippen LogP contribution in [0.5, 0.6) is 5.75 Å². The molecule has 0 radical (unpaired) electrons. The Balaban J connectivity index is 1.87. The highest BCUT2D eigenvalue weighted by atomic mass is 35.5. The van der Waals surface area contributed by atoms with Crippen LogP contribution in [0.15, 0.2) is 48.5 Å². The van der Waals surface area contributed by atoms with E-state index in [2.05, 4.69) is 5.32 Å². The van der Waals surface area contributed by atoms with E-state index in [1.54, 1.807) is 7.11 Å². The molecule has 3 aromatic rings. The van der Waals surface area contributed by atoms with E-state index in [-0.39, 0.29) is 11.9 Å². The number of amides is 1. The number of rotatable bonds is 4. The van der Waals surface area contributed by atoms with Crippen LogP contribution in [0.1, 0.15) is 28.2 Å². The van der Waals surface area contributed by atoms with Gasteiger partial charge in [0.05, 0.1) is 18.2 Å². The second-order valence-electron chi connectivity index (χ2n) is 5.21. The predicted molar refractivity (Wildman–Crippen MR) is 95.7 cm³/mol. The number of carbonyl (C=O) groups excluding carboxylic acids is 1. The minimum atomic E-state index is -0.161. The van der Waals surface area contributed by atoms with Gasteiger partial charge in [0.1, 0.15) is 10.6 Å². The van der Waals surface area contributed by atoms with E-state index in [0.29, 0.717) is 9.90 Å². The van der Waals surface area contributed by atoms with E-state index < -0.39 is 0 Å². The molecule has 0 aliphatic carbocycles. The lowest BCUT2D eigenvalue weighted by molar-refractivity contribution is 0.0944. The van der Waals surface area contributed by atoms with Gasteiger partial charge in [0.15, 0.2) is 0 Å². The van der Waals surface area contributed by atoms with Gasteiger partial charge in [-0.25, -0.2) is 0 Å². The minimum absolute atomic E-state index is 0.0838. The van der Waals surface area contributed by atoms with E-state index in [9.17, 15) is 4.79 Å². The van der Waals surface area contributed by atoms with Gasteiger partial charge in [-0.3, -0.25) is 4.79 Å². The Kier molecular flexibility index (Phi) is 4.55. The van der Waals surface area contributed by atoms with Gasteiger partial charge in [-0.15, -0.1) is 11.3 Å². The molecule has 0 saturated carbocycles. The number of benzene rings is 2. The van der Waals surface area contributed by atoms with Crippen molar-refractivity contribution in [2.45, 2.75) is 13.0 Å². The SMILES string of the molecule is COc1ccc2c(Cl)c(C(=O)N[C@@H](C)c3ccccc3)sc2c1. The number of carbonyl (C=O) groups is 1. The van der Waals surface area contributed by atoms with E-state index in [4.69, 9.17) is 16.3 Å². The van der Waals surface area contributed by atoms with Crippen molar-refractivity contribution in [2.24, 2.45) is 0 Å². The van der Waals surface area contributed by atoms with Gasteiger partial charge in [-0.2, -0.15) is 0 Å². The number of methoxy groups -OCH3 is 1. The Labute approximate surface area is 143 Å². The van der Waals surface area contributed by atoms with Gasteiger partial charge in [-0.1, -0.05) is 41.9 Å². The topological polar surface area (TPSA) is 38.3 Å². The minimum Gasteiger partial charge on any atom is -0.497 e. The summed E-state index contributed by atoms with van der Waals surface area (Å²) in [5.74, 6) is 0.589. The molecule has 1 heterocycles. The zero-order chi connectivity index (χ0) is 16.4. The van der Waals surface area contributed by atoms with Crippen molar-refractivity contribution < 1.29 is 9.53 Å². The van der Waals surface area contributed by atoms with Crippen molar-refractivity contribution in [1.82, 2.24) is 5.32 Å². The Morgan fingerprint density at radius 3 is 2.65 bits per heavy atom. The van der Waals surface area contributed by atoms with Gasteiger partial charge >= 0.3 is 0 Å². The van der Waals surface area contributed by atoms with Gasteiger partial charge in [0.25, 0.3) is 5.91 Å². The Morgan fingerprint density at radius 2 is 1.96 bits per heavy atom. The second kappa shape index (κ2) is 6.60. The van der Waals surface area contributed by atoms with Gasteiger partial charge in [0, 0.05) is 10.1 Å². The Bertz CT molecular complexity index is 845. The number of hydrogen-bond acceptors (Lipinski definition) is 3. The molecule has 1 N–H and O–H groups in total. The van der Waals surface area contributed by atoms with Gasteiger partial charge in [-0.05, 0) is 30.7 Å². The molecule has 1 amide bonds. The predicted octanol–water partition coefficient (Wildman–Crippen LogP) is 5.05. The first kappa shape index (κ1) is 15.8. The number of ether oxygens (including phenoxy) is 1. The molecule has 3 rings (SSSR count). The molecule has 1 aromatic heterocycles. The van der Waals surface area contributed by atoms with Crippen LogP contribution in [0.25, 0.3) is 10.1 Å². The quantitative estimate of drug-likeness (QED) is 0.718. The molecule has 3 nitrogen and oxygen atoms in total. The number of fused-ring (bicyclic) bond motifs is 1. The number of thiophene rings is 1. The first-order valence-electron chi connectivity index (χ1n) is 7.22. The average Bonchev–Trinajstić information content (AvgIpc) is 2.92. The molecule has 2 aromatic carbocycles. The molecule has 0 bridgehead atoms. The zero-order valence-corrected chi connectivity index (χ0v) is 14.4. The van der Waals surface area contributed by atoms with Crippen molar-refractivity contribution in [3.05, 3.63) is 64.0 Å². The van der Waals surface area contributed by atoms with Crippen LogP contribution >= 0.6 is 22.9 Å². The average molecular weight is 346 g/mol. The number of hydrogen-bond donors (Lipinski definition) is 1. The van der Waals surface area contributed by atoms with E-state index >= 15 is 0 Å². The van der Waals surface area contributed by atoms with Crippen LogP contribution in [0.4, 0.5) is 0 Å². The summed E-state index contributed by atoms with van der Waals surface area (Å²) in [5, 5.41) is 4.36. The highest BCUT2D eigenvalue weighted by molar-refractivity contribution is 7.21. The van der Waals surface area contributed by atoms with Crippen molar-refractivity contribution in [3.63, 3.8) is 0 Å². The monoisotopic (exact) mass is 345 g/mol. The van der Waals surface area contributed by atoms with Crippen molar-refractivity contribution in [1.29, 1.82) is 0 Å². The molecule has 118 valence electrons. The third-order valence-electron chi connectivity index (χ3n) is 3.69. The fraction of sp³-hybridized carbons (Fsp3) is 0.167. The normalized spacial score (nSPS) is 12.1. The van der Waals surface area contributed by atoms with Crippen LogP contribution in [-0.4, -0.2) is 13.0 Å². The lowest BCUT2D eigenvalue weighted by Gasteiger charge is -2.13. The Hall–Kier alpha value is -2.04. The largest absolute Gasteiger partial charge is 0.497 e. The van der Waals surface area contributed by atoms with E-state index in [1.165, 1.54) is 11.3 Å². The van der Waals surface area contributed by atoms with Crippen LogP contribution in [0.2, 0.25) is 5.02 Å². The summed E-state index contributed by atoms with van der Waals surface area (Å²) in [7, 11) is 1.62. The maximum absolute atomic E-state index is 12.6. The van der Waals surface area contributed by atoms with Crippen LogP contribution in [0, 0.1) is 0 Å². The second-order valence-corrected chi connectivity index (χ2v) is 6.64. The summed E-state index contributed by atoms with van der Waals surface area (Å²) >= 11 is 7.76. The molecular weight excluding hydrogens is 330 g/mol. The zero-order valence-electron chi connectivity index (χ0n) is 12.8. The standard InChI is InChI=1S/C18H16ClNO2S/c1-11(12-6-4-3-5-7-12)20-18(21)17-16(19)14-9-8-13(22-2)10-15(14)23-17/h3-11H,1-2H3,(H,20,21)/t11-/m0/s1. The summed E-state index contributed by atoms with van der Waals surface area (Å²) in [6.45, 7) is 1.96. The Morgan fingerprint density at radius 1 is 1.22 bits per heavy atom.